The van der Waals surface area contributed by atoms with E-state index in [2.05, 4.69) is 5.32 Å². The van der Waals surface area contributed by atoms with Crippen molar-refractivity contribution in [2.75, 3.05) is 26.4 Å². The minimum absolute atomic E-state index is 0.311. The molecule has 0 spiro atoms. The van der Waals surface area contributed by atoms with Crippen LogP contribution in [0.5, 0.6) is 11.5 Å². The third-order valence-corrected chi connectivity index (χ3v) is 4.93. The molecule has 0 aliphatic heterocycles. The van der Waals surface area contributed by atoms with Gasteiger partial charge in [0.05, 0.1) is 21.7 Å². The minimum atomic E-state index is 0.311. The van der Waals surface area contributed by atoms with E-state index >= 15 is 0 Å². The lowest BCUT2D eigenvalue weighted by molar-refractivity contribution is 0.144. The predicted molar refractivity (Wildman–Crippen MR) is 116 cm³/mol. The van der Waals surface area contributed by atoms with Gasteiger partial charge in [0.2, 0.25) is 0 Å². The largest absolute Gasteiger partial charge is 0.490 e. The van der Waals surface area contributed by atoms with E-state index in [1.807, 2.05) is 32.0 Å². The highest BCUT2D eigenvalue weighted by Crippen LogP contribution is 2.37. The van der Waals surface area contributed by atoms with Gasteiger partial charge in [0.25, 0.3) is 0 Å². The Morgan fingerprint density at radius 1 is 0.857 bits per heavy atom. The summed E-state index contributed by atoms with van der Waals surface area (Å²) in [6.07, 6.45) is 0.963. The fraction of sp³-hybridized carbons (Fsp3) is 0.429. The fourth-order valence-corrected chi connectivity index (χ4v) is 3.20. The van der Waals surface area contributed by atoms with Crippen LogP contribution >= 0.6 is 34.8 Å². The van der Waals surface area contributed by atoms with Gasteiger partial charge < -0.3 is 19.5 Å². The maximum atomic E-state index is 6.47. The molecule has 1 N–H and O–H groups in total. The summed E-state index contributed by atoms with van der Waals surface area (Å²) >= 11 is 18.5. The Labute approximate surface area is 182 Å². The Balaban J connectivity index is 2.01. The molecule has 2 aromatic rings. The Bertz CT molecular complexity index is 756. The van der Waals surface area contributed by atoms with Crippen molar-refractivity contribution in [2.24, 2.45) is 0 Å². The number of benzene rings is 2. The van der Waals surface area contributed by atoms with Gasteiger partial charge in [-0.3, -0.25) is 0 Å². The van der Waals surface area contributed by atoms with Crippen molar-refractivity contribution < 1.29 is 14.2 Å². The molecule has 0 unspecified atom stereocenters. The number of hydrogen-bond donors (Lipinski definition) is 1. The third kappa shape index (κ3) is 7.34. The summed E-state index contributed by atoms with van der Waals surface area (Å²) in [4.78, 5) is 0. The molecule has 4 nitrogen and oxygen atoms in total. The number of hydrogen-bond acceptors (Lipinski definition) is 4. The molecule has 0 aliphatic carbocycles. The van der Waals surface area contributed by atoms with Crippen molar-refractivity contribution in [2.45, 2.75) is 33.4 Å². The first-order valence-corrected chi connectivity index (χ1v) is 10.5. The molecule has 0 heterocycles. The third-order valence-electron chi connectivity index (χ3n) is 3.91. The molecule has 0 saturated heterocycles. The number of rotatable bonds is 12. The Hall–Kier alpha value is -1.17. The van der Waals surface area contributed by atoms with Gasteiger partial charge in [-0.1, -0.05) is 40.9 Å². The van der Waals surface area contributed by atoms with Gasteiger partial charge in [-0.15, -0.1) is 0 Å². The zero-order chi connectivity index (χ0) is 20.4. The molecule has 0 bridgehead atoms. The Kier molecular flexibility index (Phi) is 10.2. The molecule has 0 saturated carbocycles. The summed E-state index contributed by atoms with van der Waals surface area (Å²) in [5.41, 5.74) is 1.93. The molecule has 0 aromatic heterocycles. The van der Waals surface area contributed by atoms with E-state index in [4.69, 9.17) is 49.0 Å². The smallest absolute Gasteiger partial charge is 0.180 e. The molecule has 2 aromatic carbocycles. The molecule has 28 heavy (non-hydrogen) atoms. The molecule has 0 fully saturated rings. The fourth-order valence-electron chi connectivity index (χ4n) is 2.59. The average Bonchev–Trinajstić information content (AvgIpc) is 2.67. The lowest BCUT2D eigenvalue weighted by Gasteiger charge is -2.16. The summed E-state index contributed by atoms with van der Waals surface area (Å²) in [7, 11) is 0. The highest BCUT2D eigenvalue weighted by Gasteiger charge is 2.13. The summed E-state index contributed by atoms with van der Waals surface area (Å²) in [6, 6.07) is 9.23. The number of nitrogens with one attached hydrogen (secondary N) is 1. The van der Waals surface area contributed by atoms with Crippen LogP contribution in [-0.2, 0) is 17.9 Å². The zero-order valence-corrected chi connectivity index (χ0v) is 18.5. The van der Waals surface area contributed by atoms with Gasteiger partial charge in [0.1, 0.15) is 6.61 Å². The Morgan fingerprint density at radius 2 is 1.64 bits per heavy atom. The number of halogens is 3. The van der Waals surface area contributed by atoms with E-state index in [0.717, 1.165) is 37.3 Å². The Morgan fingerprint density at radius 3 is 2.36 bits per heavy atom. The maximum Gasteiger partial charge on any atom is 0.180 e. The quantitative estimate of drug-likeness (QED) is 0.397. The lowest BCUT2D eigenvalue weighted by Crippen LogP contribution is -2.16. The predicted octanol–water partition coefficient (Wildman–Crippen LogP) is 6.14. The van der Waals surface area contributed by atoms with Crippen LogP contribution in [0.1, 0.15) is 31.4 Å². The van der Waals surface area contributed by atoms with Crippen LogP contribution in [0.3, 0.4) is 0 Å². The van der Waals surface area contributed by atoms with Crippen LogP contribution in [0, 0.1) is 0 Å². The van der Waals surface area contributed by atoms with Gasteiger partial charge in [-0.25, -0.2) is 0 Å². The van der Waals surface area contributed by atoms with Crippen molar-refractivity contribution in [3.63, 3.8) is 0 Å². The van der Waals surface area contributed by atoms with Crippen molar-refractivity contribution in [1.29, 1.82) is 0 Å². The maximum absolute atomic E-state index is 6.47. The topological polar surface area (TPSA) is 39.7 Å². The molecule has 154 valence electrons. The second kappa shape index (κ2) is 12.4. The molecule has 0 amide bonds. The second-order valence-electron chi connectivity index (χ2n) is 6.10. The van der Waals surface area contributed by atoms with Crippen molar-refractivity contribution in [3.8, 4) is 11.5 Å². The first-order valence-electron chi connectivity index (χ1n) is 9.35. The summed E-state index contributed by atoms with van der Waals surface area (Å²) in [6.45, 7) is 7.82. The normalized spacial score (nSPS) is 10.9. The van der Waals surface area contributed by atoms with Gasteiger partial charge in [0.15, 0.2) is 11.5 Å². The van der Waals surface area contributed by atoms with E-state index in [1.54, 1.807) is 12.1 Å². The van der Waals surface area contributed by atoms with Crippen LogP contribution in [0.4, 0.5) is 0 Å². The monoisotopic (exact) mass is 445 g/mol. The highest BCUT2D eigenvalue weighted by molar-refractivity contribution is 6.42. The van der Waals surface area contributed by atoms with Gasteiger partial charge >= 0.3 is 0 Å². The molecule has 0 aliphatic rings. The standard InChI is InChI=1S/C21H26Cl3NO3/c1-3-26-9-5-8-25-13-16-11-19(24)21(20(12-16)27-4-2)28-14-15-6-7-17(22)18(23)10-15/h6-7,10-12,25H,3-5,8-9,13-14H2,1-2H3. The number of ether oxygens (including phenoxy) is 3. The van der Waals surface area contributed by atoms with Crippen LogP contribution < -0.4 is 14.8 Å². The first-order chi connectivity index (χ1) is 13.5. The van der Waals surface area contributed by atoms with Crippen molar-refractivity contribution in [1.82, 2.24) is 5.32 Å². The van der Waals surface area contributed by atoms with E-state index < -0.39 is 0 Å². The minimum Gasteiger partial charge on any atom is -0.490 e. The molecular weight excluding hydrogens is 421 g/mol. The highest BCUT2D eigenvalue weighted by atomic mass is 35.5. The summed E-state index contributed by atoms with van der Waals surface area (Å²) < 4.78 is 17.0. The lowest BCUT2D eigenvalue weighted by atomic mass is 10.2. The van der Waals surface area contributed by atoms with E-state index in [9.17, 15) is 0 Å². The summed E-state index contributed by atoms with van der Waals surface area (Å²) in [5.74, 6) is 1.15. The molecular formula is C21H26Cl3NO3. The van der Waals surface area contributed by atoms with Crippen LogP contribution in [0.2, 0.25) is 15.1 Å². The van der Waals surface area contributed by atoms with Gasteiger partial charge in [-0.2, -0.15) is 0 Å². The second-order valence-corrected chi connectivity index (χ2v) is 7.32. The van der Waals surface area contributed by atoms with E-state index in [1.165, 1.54) is 0 Å². The molecule has 0 radical (unpaired) electrons. The molecule has 2 rings (SSSR count). The average molecular weight is 447 g/mol. The van der Waals surface area contributed by atoms with E-state index in [0.29, 0.717) is 46.3 Å². The molecule has 0 atom stereocenters. The van der Waals surface area contributed by atoms with Gasteiger partial charge in [0, 0.05) is 19.8 Å². The van der Waals surface area contributed by atoms with Crippen LogP contribution in [-0.4, -0.2) is 26.4 Å². The van der Waals surface area contributed by atoms with Crippen LogP contribution in [0.25, 0.3) is 0 Å². The zero-order valence-electron chi connectivity index (χ0n) is 16.2. The van der Waals surface area contributed by atoms with Crippen LogP contribution in [0.15, 0.2) is 30.3 Å². The van der Waals surface area contributed by atoms with E-state index in [-0.39, 0.29) is 0 Å². The van der Waals surface area contributed by atoms with Gasteiger partial charge in [-0.05, 0) is 62.2 Å². The summed E-state index contributed by atoms with van der Waals surface area (Å²) in [5, 5.41) is 4.90. The van der Waals surface area contributed by atoms with Crippen molar-refractivity contribution in [3.05, 3.63) is 56.5 Å². The van der Waals surface area contributed by atoms with Crippen molar-refractivity contribution >= 4 is 34.8 Å². The molecule has 7 heteroatoms. The first kappa shape index (κ1) is 23.1. The SMILES string of the molecule is CCOCCCNCc1cc(Cl)c(OCc2ccc(Cl)c(Cl)c2)c(OCC)c1.